The summed E-state index contributed by atoms with van der Waals surface area (Å²) in [5.74, 6) is 1.20. The number of carbonyl (C=O) groups is 1. The summed E-state index contributed by atoms with van der Waals surface area (Å²) in [7, 11) is 1.92. The predicted octanol–water partition coefficient (Wildman–Crippen LogP) is 2.10. The number of carbonyl (C=O) groups excluding carboxylic acids is 1. The minimum Gasteiger partial charge on any atom is -0.355 e. The van der Waals surface area contributed by atoms with E-state index in [9.17, 15) is 4.79 Å². The highest BCUT2D eigenvalue weighted by molar-refractivity contribution is 5.76. The highest BCUT2D eigenvalue weighted by Crippen LogP contribution is 2.21. The molecule has 1 amide bonds. The van der Waals surface area contributed by atoms with Gasteiger partial charge in [0.2, 0.25) is 5.91 Å². The molecule has 6 nitrogen and oxygen atoms in total. The van der Waals surface area contributed by atoms with Crippen LogP contribution >= 0.6 is 0 Å². The van der Waals surface area contributed by atoms with Crippen molar-refractivity contribution in [3.63, 3.8) is 0 Å². The zero-order chi connectivity index (χ0) is 16.9. The van der Waals surface area contributed by atoms with Crippen molar-refractivity contribution in [2.75, 3.05) is 25.0 Å². The van der Waals surface area contributed by atoms with E-state index < -0.39 is 0 Å². The number of hydrogen-bond acceptors (Lipinski definition) is 4. The molecule has 0 bridgehead atoms. The van der Waals surface area contributed by atoms with Crippen LogP contribution in [0.25, 0.3) is 0 Å². The molecule has 0 unspecified atom stereocenters. The molecule has 0 aromatic carbocycles. The topological polar surface area (TPSA) is 54.3 Å². The van der Waals surface area contributed by atoms with Crippen LogP contribution in [0.2, 0.25) is 0 Å². The van der Waals surface area contributed by atoms with E-state index in [0.29, 0.717) is 13.0 Å². The van der Waals surface area contributed by atoms with Crippen molar-refractivity contribution < 1.29 is 4.79 Å². The van der Waals surface area contributed by atoms with E-state index in [4.69, 9.17) is 0 Å². The zero-order valence-corrected chi connectivity index (χ0v) is 14.4. The maximum Gasteiger partial charge on any atom is 0.224 e. The van der Waals surface area contributed by atoms with Gasteiger partial charge >= 0.3 is 0 Å². The SMILES string of the molecule is Cc1cccc(N2CCC[C@@H](N(C)C(=O)CCn3ccnc3)C2)n1. The monoisotopic (exact) mass is 327 g/mol. The molecule has 2 aromatic heterocycles. The van der Waals surface area contributed by atoms with E-state index in [-0.39, 0.29) is 11.9 Å². The van der Waals surface area contributed by atoms with Crippen molar-refractivity contribution in [3.8, 4) is 0 Å². The van der Waals surface area contributed by atoms with Gasteiger partial charge in [-0.1, -0.05) is 6.07 Å². The van der Waals surface area contributed by atoms with Crippen molar-refractivity contribution >= 4 is 11.7 Å². The molecule has 0 radical (unpaired) electrons. The highest BCUT2D eigenvalue weighted by atomic mass is 16.2. The first-order valence-corrected chi connectivity index (χ1v) is 8.53. The second-order valence-corrected chi connectivity index (χ2v) is 6.43. The van der Waals surface area contributed by atoms with E-state index in [1.54, 1.807) is 12.5 Å². The first-order chi connectivity index (χ1) is 11.6. The minimum absolute atomic E-state index is 0.188. The van der Waals surface area contributed by atoms with Gasteiger partial charge in [-0.25, -0.2) is 9.97 Å². The number of aryl methyl sites for hydroxylation is 2. The Morgan fingerprint density at radius 1 is 1.42 bits per heavy atom. The molecular weight excluding hydrogens is 302 g/mol. The van der Waals surface area contributed by atoms with Crippen LogP contribution in [0.3, 0.4) is 0 Å². The summed E-state index contributed by atoms with van der Waals surface area (Å²) < 4.78 is 1.94. The molecular formula is C18H25N5O. The van der Waals surface area contributed by atoms with Crippen molar-refractivity contribution in [2.24, 2.45) is 0 Å². The summed E-state index contributed by atoms with van der Waals surface area (Å²) in [4.78, 5) is 25.3. The second kappa shape index (κ2) is 7.47. The molecule has 3 heterocycles. The summed E-state index contributed by atoms with van der Waals surface area (Å²) in [5, 5.41) is 0. The Balaban J connectivity index is 1.58. The molecule has 1 aliphatic heterocycles. The van der Waals surface area contributed by atoms with Crippen molar-refractivity contribution in [1.29, 1.82) is 0 Å². The van der Waals surface area contributed by atoms with E-state index in [0.717, 1.165) is 37.4 Å². The quantitative estimate of drug-likeness (QED) is 0.844. The molecule has 128 valence electrons. The number of piperidine rings is 1. The highest BCUT2D eigenvalue weighted by Gasteiger charge is 2.26. The number of rotatable bonds is 5. The Kier molecular flexibility index (Phi) is 5.13. The van der Waals surface area contributed by atoms with E-state index in [1.807, 2.05) is 41.8 Å². The van der Waals surface area contributed by atoms with Gasteiger partial charge in [0.1, 0.15) is 5.82 Å². The molecule has 1 aliphatic rings. The molecule has 0 spiro atoms. The fraction of sp³-hybridized carbons (Fsp3) is 0.500. The standard InChI is InChI=1S/C18H25N5O/c1-15-5-3-7-17(20-15)23-10-4-6-16(13-23)21(2)18(24)8-11-22-12-9-19-14-22/h3,5,7,9,12,14,16H,4,6,8,10-11,13H2,1-2H3/t16-/m1/s1. The summed E-state index contributed by atoms with van der Waals surface area (Å²) in [6.07, 6.45) is 8.02. The number of nitrogens with zero attached hydrogens (tertiary/aromatic N) is 5. The van der Waals surface area contributed by atoms with Gasteiger partial charge in [-0.15, -0.1) is 0 Å². The lowest BCUT2D eigenvalue weighted by atomic mass is 10.0. The molecule has 1 saturated heterocycles. The minimum atomic E-state index is 0.188. The molecule has 0 aliphatic carbocycles. The average molecular weight is 327 g/mol. The Labute approximate surface area is 143 Å². The van der Waals surface area contributed by atoms with Crippen LogP contribution in [0.5, 0.6) is 0 Å². The number of hydrogen-bond donors (Lipinski definition) is 0. The summed E-state index contributed by atoms with van der Waals surface area (Å²) in [5.41, 5.74) is 1.03. The summed E-state index contributed by atoms with van der Waals surface area (Å²) >= 11 is 0. The van der Waals surface area contributed by atoms with Gasteiger partial charge in [-0.3, -0.25) is 4.79 Å². The Bertz CT molecular complexity index is 670. The Hall–Kier alpha value is -2.37. The Morgan fingerprint density at radius 2 is 2.29 bits per heavy atom. The smallest absolute Gasteiger partial charge is 0.224 e. The van der Waals surface area contributed by atoms with Crippen LogP contribution in [0, 0.1) is 6.92 Å². The maximum atomic E-state index is 12.5. The van der Waals surface area contributed by atoms with Gasteiger partial charge in [-0.2, -0.15) is 0 Å². The molecule has 0 N–H and O–H groups in total. The number of aromatic nitrogens is 3. The molecule has 6 heteroatoms. The molecule has 0 saturated carbocycles. The molecule has 1 fully saturated rings. The van der Waals surface area contributed by atoms with Crippen LogP contribution in [0.4, 0.5) is 5.82 Å². The number of amides is 1. The summed E-state index contributed by atoms with van der Waals surface area (Å²) in [6.45, 7) is 4.55. The summed E-state index contributed by atoms with van der Waals surface area (Å²) in [6, 6.07) is 6.35. The van der Waals surface area contributed by atoms with Gasteiger partial charge in [0.15, 0.2) is 0 Å². The normalized spacial score (nSPS) is 17.8. The number of imidazole rings is 1. The maximum absolute atomic E-state index is 12.5. The van der Waals surface area contributed by atoms with E-state index in [2.05, 4.69) is 20.9 Å². The van der Waals surface area contributed by atoms with E-state index >= 15 is 0 Å². The number of likely N-dealkylation sites (N-methyl/N-ethyl adjacent to an activating group) is 1. The Morgan fingerprint density at radius 3 is 3.04 bits per heavy atom. The third-order valence-corrected chi connectivity index (χ3v) is 4.68. The van der Waals surface area contributed by atoms with Gasteiger partial charge in [-0.05, 0) is 31.9 Å². The lowest BCUT2D eigenvalue weighted by Crippen LogP contribution is -2.49. The van der Waals surface area contributed by atoms with Crippen molar-refractivity contribution in [1.82, 2.24) is 19.4 Å². The van der Waals surface area contributed by atoms with Crippen LogP contribution in [0.15, 0.2) is 36.9 Å². The zero-order valence-electron chi connectivity index (χ0n) is 14.4. The number of anilines is 1. The lowest BCUT2D eigenvalue weighted by molar-refractivity contribution is -0.132. The van der Waals surface area contributed by atoms with Crippen molar-refractivity contribution in [3.05, 3.63) is 42.6 Å². The van der Waals surface area contributed by atoms with Gasteiger partial charge in [0, 0.05) is 57.2 Å². The first kappa shape index (κ1) is 16.5. The molecule has 3 rings (SSSR count). The third kappa shape index (κ3) is 3.93. The third-order valence-electron chi connectivity index (χ3n) is 4.68. The van der Waals surface area contributed by atoms with Crippen LogP contribution in [-0.2, 0) is 11.3 Å². The van der Waals surface area contributed by atoms with E-state index in [1.165, 1.54) is 0 Å². The van der Waals surface area contributed by atoms with Crippen molar-refractivity contribution in [2.45, 2.75) is 38.8 Å². The first-order valence-electron chi connectivity index (χ1n) is 8.53. The van der Waals surface area contributed by atoms with Gasteiger partial charge in [0.05, 0.1) is 6.33 Å². The fourth-order valence-electron chi connectivity index (χ4n) is 3.21. The predicted molar refractivity (Wildman–Crippen MR) is 93.8 cm³/mol. The average Bonchev–Trinajstić information content (AvgIpc) is 3.12. The molecule has 24 heavy (non-hydrogen) atoms. The van der Waals surface area contributed by atoms with Crippen LogP contribution in [0.1, 0.15) is 25.0 Å². The largest absolute Gasteiger partial charge is 0.355 e. The second-order valence-electron chi connectivity index (χ2n) is 6.43. The molecule has 1 atom stereocenters. The van der Waals surface area contributed by atoms with Crippen LogP contribution in [-0.4, -0.2) is 51.5 Å². The van der Waals surface area contributed by atoms with Gasteiger partial charge in [0.25, 0.3) is 0 Å². The van der Waals surface area contributed by atoms with Crippen LogP contribution < -0.4 is 4.90 Å². The lowest BCUT2D eigenvalue weighted by Gasteiger charge is -2.38. The van der Waals surface area contributed by atoms with Gasteiger partial charge < -0.3 is 14.4 Å². The fourth-order valence-corrected chi connectivity index (χ4v) is 3.21. The molecule has 2 aromatic rings. The number of pyridine rings is 1.